The number of nitrogens with zero attached hydrogens (tertiary/aromatic N) is 3. The Hall–Kier alpha value is -7.36. The van der Waals surface area contributed by atoms with Gasteiger partial charge in [0.2, 0.25) is 0 Å². The fourth-order valence-electron chi connectivity index (χ4n) is 12.4. The van der Waals surface area contributed by atoms with Gasteiger partial charge in [-0.3, -0.25) is 0 Å². The highest BCUT2D eigenvalue weighted by molar-refractivity contribution is 6.10. The van der Waals surface area contributed by atoms with Crippen molar-refractivity contribution in [3.8, 4) is 11.1 Å². The average molecular weight is 852 g/mol. The summed E-state index contributed by atoms with van der Waals surface area (Å²) in [6.45, 7) is 3.33. The van der Waals surface area contributed by atoms with Crippen molar-refractivity contribution in [1.29, 1.82) is 0 Å². The van der Waals surface area contributed by atoms with Crippen LogP contribution in [-0.4, -0.2) is 6.54 Å². The minimum atomic E-state index is 0.150. The largest absolute Gasteiger partial charge is 0.345 e. The summed E-state index contributed by atoms with van der Waals surface area (Å²) < 4.78 is 0. The topological polar surface area (TPSA) is 9.72 Å². The second kappa shape index (κ2) is 15.7. The third kappa shape index (κ3) is 6.24. The molecule has 3 nitrogen and oxygen atoms in total. The quantitative estimate of drug-likeness (QED) is 0.154. The molecule has 2 aliphatic heterocycles. The second-order valence-corrected chi connectivity index (χ2v) is 19.1. The maximum atomic E-state index is 2.65. The number of hydrogen-bond acceptors (Lipinski definition) is 3. The molecule has 1 saturated carbocycles. The van der Waals surface area contributed by atoms with Gasteiger partial charge in [0.05, 0.1) is 28.4 Å². The number of allylic oxidation sites excluding steroid dienone is 4. The molecule has 0 radical (unpaired) electrons. The van der Waals surface area contributed by atoms with Gasteiger partial charge in [0.1, 0.15) is 0 Å². The number of para-hydroxylation sites is 6. The summed E-state index contributed by atoms with van der Waals surface area (Å²) in [6, 6.07) is 65.5. The van der Waals surface area contributed by atoms with Crippen molar-refractivity contribution in [1.82, 2.24) is 0 Å². The van der Waals surface area contributed by atoms with Crippen molar-refractivity contribution >= 4 is 68.3 Å². The first kappa shape index (κ1) is 39.0. The molecule has 5 aliphatic rings. The van der Waals surface area contributed by atoms with Crippen molar-refractivity contribution in [3.63, 3.8) is 0 Å². The molecule has 0 unspecified atom stereocenters. The fourth-order valence-corrected chi connectivity index (χ4v) is 12.4. The van der Waals surface area contributed by atoms with E-state index >= 15 is 0 Å². The van der Waals surface area contributed by atoms with Crippen LogP contribution in [0.5, 0.6) is 0 Å². The summed E-state index contributed by atoms with van der Waals surface area (Å²) in [6.07, 6.45) is 17.1. The van der Waals surface area contributed by atoms with Gasteiger partial charge in [0.15, 0.2) is 0 Å². The number of benzene rings is 8. The highest BCUT2D eigenvalue weighted by Gasteiger charge is 2.47. The van der Waals surface area contributed by atoms with Gasteiger partial charge >= 0.3 is 0 Å². The maximum absolute atomic E-state index is 2.65. The Kier molecular flexibility index (Phi) is 9.27. The van der Waals surface area contributed by atoms with Crippen molar-refractivity contribution in [3.05, 3.63) is 227 Å². The molecule has 0 saturated heterocycles. The van der Waals surface area contributed by atoms with Gasteiger partial charge in [0.25, 0.3) is 0 Å². The predicted octanol–water partition coefficient (Wildman–Crippen LogP) is 16.9. The molecule has 8 aromatic carbocycles. The minimum absolute atomic E-state index is 0.150. The molecule has 3 heteroatoms. The van der Waals surface area contributed by atoms with Crippen LogP contribution in [-0.2, 0) is 11.8 Å². The van der Waals surface area contributed by atoms with Gasteiger partial charge < -0.3 is 14.7 Å². The molecule has 13 rings (SSSR count). The third-order valence-corrected chi connectivity index (χ3v) is 15.4. The van der Waals surface area contributed by atoms with E-state index in [9.17, 15) is 0 Å². The molecule has 8 aromatic rings. The van der Waals surface area contributed by atoms with E-state index in [1.54, 1.807) is 16.7 Å². The van der Waals surface area contributed by atoms with Gasteiger partial charge in [-0.1, -0.05) is 152 Å². The van der Waals surface area contributed by atoms with Crippen molar-refractivity contribution < 1.29 is 0 Å². The smallest absolute Gasteiger partial charge is 0.0703 e. The zero-order chi connectivity index (χ0) is 43.8. The molecule has 0 bridgehead atoms. The van der Waals surface area contributed by atoms with Crippen LogP contribution in [0.2, 0.25) is 0 Å². The normalized spacial score (nSPS) is 16.9. The van der Waals surface area contributed by atoms with Gasteiger partial charge in [-0.25, -0.2) is 0 Å². The summed E-state index contributed by atoms with van der Waals surface area (Å²) in [5.74, 6) is 0. The van der Waals surface area contributed by atoms with Gasteiger partial charge in [-0.2, -0.15) is 0 Å². The molecule has 1 fully saturated rings. The molecule has 0 aromatic heterocycles. The Balaban J connectivity index is 0.806. The molecular weight excluding hydrogens is 799 g/mol. The monoisotopic (exact) mass is 851 g/mol. The highest BCUT2D eigenvalue weighted by atomic mass is 15.3. The first-order valence-corrected chi connectivity index (χ1v) is 24.2. The number of anilines is 7. The minimum Gasteiger partial charge on any atom is -0.345 e. The van der Waals surface area contributed by atoms with E-state index in [0.717, 1.165) is 47.8 Å². The van der Waals surface area contributed by atoms with E-state index in [4.69, 9.17) is 0 Å². The van der Waals surface area contributed by atoms with E-state index < -0.39 is 0 Å². The summed E-state index contributed by atoms with van der Waals surface area (Å²) >= 11 is 0. The summed E-state index contributed by atoms with van der Waals surface area (Å²) in [5, 5.41) is 2.49. The van der Waals surface area contributed by atoms with Crippen LogP contribution >= 0.6 is 0 Å². The molecule has 66 heavy (non-hydrogen) atoms. The van der Waals surface area contributed by atoms with Crippen molar-refractivity contribution in [2.45, 2.75) is 63.7 Å². The lowest BCUT2D eigenvalue weighted by molar-refractivity contribution is 0.541. The van der Waals surface area contributed by atoms with Crippen LogP contribution in [0.4, 0.5) is 39.8 Å². The molecule has 0 atom stereocenters. The van der Waals surface area contributed by atoms with E-state index in [2.05, 4.69) is 216 Å². The maximum Gasteiger partial charge on any atom is 0.0703 e. The lowest BCUT2D eigenvalue weighted by Crippen LogP contribution is -2.30. The Morgan fingerprint density at radius 1 is 0.485 bits per heavy atom. The number of aryl methyl sites for hydroxylation is 2. The SMILES string of the molecule is Cc1ccc2c(-c3ccc(/C=C/c4ccc5c(c4)C4(CCCC4)C4=C5CCC(N5CCCc6ccccc65)=C4)cc3)ccc(N3c4ccccc4N(c4ccccc4)c4ccccc43)c2c1. The molecule has 0 amide bonds. The zero-order valence-corrected chi connectivity index (χ0v) is 37.7. The van der Waals surface area contributed by atoms with Gasteiger partial charge in [0, 0.05) is 34.4 Å². The summed E-state index contributed by atoms with van der Waals surface area (Å²) in [4.78, 5) is 7.51. The molecular formula is C63H53N3. The Bertz CT molecular complexity index is 3260. The van der Waals surface area contributed by atoms with Crippen LogP contribution < -0.4 is 14.7 Å². The van der Waals surface area contributed by atoms with E-state index in [1.807, 2.05) is 0 Å². The summed E-state index contributed by atoms with van der Waals surface area (Å²) in [7, 11) is 0. The standard InChI is InChI=1S/C63H53N3/c1-43-23-32-51-50(35-36-58(54(51)40-43)66-61-21-9-7-19-59(61)65(48-16-3-2-4-17-48)60-20-8-10-22-62(60)66)46-29-26-44(27-30-46)24-25-45-28-33-52-53-34-31-49(64-39-13-15-47-14-5-6-18-57(47)64)42-56(53)63(55(52)41-45)37-11-12-38-63/h2-10,14,16-30,32-33,35-36,40-42H,11-13,15,31,34,37-39H2,1H3/b25-24+. The average Bonchev–Trinajstić information content (AvgIpc) is 3.98. The van der Waals surface area contributed by atoms with E-state index in [1.165, 1.54) is 105 Å². The van der Waals surface area contributed by atoms with Crippen molar-refractivity contribution in [2.75, 3.05) is 21.2 Å². The molecule has 2 heterocycles. The van der Waals surface area contributed by atoms with Crippen molar-refractivity contribution in [2.24, 2.45) is 0 Å². The number of rotatable bonds is 6. The van der Waals surface area contributed by atoms with Crippen LogP contribution in [0.1, 0.15) is 78.3 Å². The lowest BCUT2D eigenvalue weighted by Gasteiger charge is -2.40. The molecule has 1 spiro atoms. The zero-order valence-electron chi connectivity index (χ0n) is 37.7. The lowest BCUT2D eigenvalue weighted by atomic mass is 9.74. The number of hydrogen-bond donors (Lipinski definition) is 0. The van der Waals surface area contributed by atoms with E-state index in [0.29, 0.717) is 0 Å². The second-order valence-electron chi connectivity index (χ2n) is 19.1. The molecule has 3 aliphatic carbocycles. The van der Waals surface area contributed by atoms with Gasteiger partial charge in [-0.15, -0.1) is 0 Å². The first-order valence-electron chi connectivity index (χ1n) is 24.2. The van der Waals surface area contributed by atoms with E-state index in [-0.39, 0.29) is 5.41 Å². The predicted molar refractivity (Wildman–Crippen MR) is 279 cm³/mol. The first-order chi connectivity index (χ1) is 32.6. The van der Waals surface area contributed by atoms with Crippen LogP contribution in [0.25, 0.3) is 39.6 Å². The Morgan fingerprint density at radius 3 is 1.89 bits per heavy atom. The molecule has 320 valence electrons. The van der Waals surface area contributed by atoms with Gasteiger partial charge in [-0.05, 0) is 162 Å². The molecule has 0 N–H and O–H groups in total. The third-order valence-electron chi connectivity index (χ3n) is 15.4. The van der Waals surface area contributed by atoms with Crippen LogP contribution in [0.15, 0.2) is 193 Å². The highest BCUT2D eigenvalue weighted by Crippen LogP contribution is 2.59. The van der Waals surface area contributed by atoms with Crippen LogP contribution in [0.3, 0.4) is 0 Å². The Labute approximate surface area is 389 Å². The Morgan fingerprint density at radius 2 is 1.14 bits per heavy atom. The summed E-state index contributed by atoms with van der Waals surface area (Å²) in [5.41, 5.74) is 24.1. The fraction of sp³-hybridized carbons (Fsp3) is 0.175. The van der Waals surface area contributed by atoms with Crippen LogP contribution in [0, 0.1) is 6.92 Å². The number of fused-ring (bicyclic) bond motifs is 8.